The zero-order valence-electron chi connectivity index (χ0n) is 21.5. The number of likely N-dealkylation sites (tertiary alicyclic amines) is 1. The van der Waals surface area contributed by atoms with Gasteiger partial charge in [-0.05, 0) is 54.7 Å². The van der Waals surface area contributed by atoms with Crippen molar-refractivity contribution in [3.63, 3.8) is 0 Å². The molecule has 1 aliphatic heterocycles. The molecule has 1 aromatic heterocycles. The van der Waals surface area contributed by atoms with Crippen molar-refractivity contribution in [2.45, 2.75) is 26.7 Å². The van der Waals surface area contributed by atoms with Gasteiger partial charge in [0.05, 0.1) is 25.9 Å². The van der Waals surface area contributed by atoms with Crippen LogP contribution < -0.4 is 4.74 Å². The number of rotatable bonds is 6. The number of furan rings is 1. The van der Waals surface area contributed by atoms with Gasteiger partial charge in [-0.2, -0.15) is 0 Å². The Bertz CT molecular complexity index is 1490. The van der Waals surface area contributed by atoms with Gasteiger partial charge in [0.15, 0.2) is 0 Å². The number of methoxy groups -OCH3 is 1. The number of hydrogen-bond donors (Lipinski definition) is 0. The van der Waals surface area contributed by atoms with Crippen LogP contribution in [-0.4, -0.2) is 43.6 Å². The lowest BCUT2D eigenvalue weighted by molar-refractivity contribution is -0.148. The lowest BCUT2D eigenvalue weighted by Crippen LogP contribution is -2.39. The quantitative estimate of drug-likeness (QED) is 0.226. The number of ether oxygens (including phenoxy) is 2. The van der Waals surface area contributed by atoms with E-state index in [-0.39, 0.29) is 17.8 Å². The van der Waals surface area contributed by atoms with Crippen LogP contribution >= 0.6 is 0 Å². The van der Waals surface area contributed by atoms with Crippen LogP contribution in [0.5, 0.6) is 5.75 Å². The molecule has 1 fully saturated rings. The molecule has 0 saturated carbocycles. The van der Waals surface area contributed by atoms with Crippen LogP contribution in [0.4, 0.5) is 0 Å². The normalized spacial score (nSPS) is 14.8. The number of fused-ring (bicyclic) bond motifs is 2. The Morgan fingerprint density at radius 3 is 2.54 bits per heavy atom. The number of carbonyl (C=O) groups excluding carboxylic acids is 2. The topological polar surface area (TPSA) is 69.0 Å². The van der Waals surface area contributed by atoms with E-state index in [0.29, 0.717) is 38.3 Å². The average molecular weight is 498 g/mol. The summed E-state index contributed by atoms with van der Waals surface area (Å²) in [7, 11) is 1.41. The predicted octanol–water partition coefficient (Wildman–Crippen LogP) is 6.47. The third-order valence-electron chi connectivity index (χ3n) is 7.16. The SMILES string of the molecule is CCOc1cc2occ(-c3cccc4ccccc34)c2cc1/C(C)=C/C(=O)N1CCC(C(=O)OC)CC1. The molecular formula is C31H31NO5. The van der Waals surface area contributed by atoms with E-state index < -0.39 is 0 Å². The minimum absolute atomic E-state index is 0.0650. The van der Waals surface area contributed by atoms with Crippen LogP contribution in [0.3, 0.4) is 0 Å². The van der Waals surface area contributed by atoms with E-state index in [1.54, 1.807) is 17.2 Å². The second-order valence-corrected chi connectivity index (χ2v) is 9.40. The highest BCUT2D eigenvalue weighted by atomic mass is 16.5. The molecule has 0 aliphatic carbocycles. The number of amides is 1. The Balaban J connectivity index is 1.50. The molecule has 2 heterocycles. The highest BCUT2D eigenvalue weighted by Gasteiger charge is 2.27. The maximum absolute atomic E-state index is 13.1. The molecule has 1 amide bonds. The summed E-state index contributed by atoms with van der Waals surface area (Å²) in [5.41, 5.74) is 4.50. The largest absolute Gasteiger partial charge is 0.493 e. The van der Waals surface area contributed by atoms with E-state index in [4.69, 9.17) is 13.9 Å². The molecule has 0 radical (unpaired) electrons. The van der Waals surface area contributed by atoms with Crippen molar-refractivity contribution in [1.29, 1.82) is 0 Å². The Morgan fingerprint density at radius 2 is 1.78 bits per heavy atom. The number of allylic oxidation sites excluding steroid dienone is 1. The van der Waals surface area contributed by atoms with Crippen molar-refractivity contribution >= 4 is 39.2 Å². The number of hydrogen-bond acceptors (Lipinski definition) is 5. The maximum Gasteiger partial charge on any atom is 0.308 e. The summed E-state index contributed by atoms with van der Waals surface area (Å²) in [5.74, 6) is 0.278. The van der Waals surface area contributed by atoms with Crippen molar-refractivity contribution in [1.82, 2.24) is 4.90 Å². The van der Waals surface area contributed by atoms with E-state index in [0.717, 1.165) is 44.0 Å². The van der Waals surface area contributed by atoms with Crippen LogP contribution in [-0.2, 0) is 14.3 Å². The van der Waals surface area contributed by atoms with Crippen LogP contribution in [0.15, 0.2) is 71.4 Å². The van der Waals surface area contributed by atoms with Gasteiger partial charge in [-0.1, -0.05) is 42.5 Å². The third kappa shape index (κ3) is 4.84. The highest BCUT2D eigenvalue weighted by Crippen LogP contribution is 2.39. The van der Waals surface area contributed by atoms with Gasteiger partial charge in [-0.3, -0.25) is 9.59 Å². The Hall–Kier alpha value is -4.06. The van der Waals surface area contributed by atoms with Gasteiger partial charge in [0.2, 0.25) is 5.91 Å². The zero-order valence-corrected chi connectivity index (χ0v) is 21.5. The Morgan fingerprint density at radius 1 is 1.03 bits per heavy atom. The average Bonchev–Trinajstić information content (AvgIpc) is 3.34. The molecule has 4 aromatic rings. The number of benzene rings is 3. The fraction of sp³-hybridized carbons (Fsp3) is 0.290. The van der Waals surface area contributed by atoms with Crippen LogP contribution in [0.25, 0.3) is 38.4 Å². The monoisotopic (exact) mass is 497 g/mol. The van der Waals surface area contributed by atoms with Crippen molar-refractivity contribution in [2.24, 2.45) is 5.92 Å². The first-order valence-electron chi connectivity index (χ1n) is 12.7. The van der Waals surface area contributed by atoms with Crippen molar-refractivity contribution in [3.05, 3.63) is 72.5 Å². The number of esters is 1. The first-order chi connectivity index (χ1) is 18.0. The third-order valence-corrected chi connectivity index (χ3v) is 7.16. The molecule has 37 heavy (non-hydrogen) atoms. The van der Waals surface area contributed by atoms with Crippen molar-refractivity contribution < 1.29 is 23.5 Å². The minimum Gasteiger partial charge on any atom is -0.493 e. The standard InChI is InChI=1S/C31H31NO5/c1-4-36-28-18-29-26(27(19-37-29)24-11-7-9-21-8-5-6-10-23(21)24)17-25(28)20(2)16-30(33)32-14-12-22(13-15-32)31(34)35-3/h5-11,16-19,22H,4,12-15H2,1-3H3/b20-16+. The van der Waals surface area contributed by atoms with E-state index in [9.17, 15) is 9.59 Å². The zero-order chi connectivity index (χ0) is 25.9. The van der Waals surface area contributed by atoms with E-state index in [1.807, 2.05) is 32.0 Å². The van der Waals surface area contributed by atoms with Crippen molar-refractivity contribution in [3.8, 4) is 16.9 Å². The molecule has 1 aliphatic rings. The van der Waals surface area contributed by atoms with Gasteiger partial charge in [0.1, 0.15) is 11.3 Å². The summed E-state index contributed by atoms with van der Waals surface area (Å²) >= 11 is 0. The first kappa shape index (κ1) is 24.6. The second-order valence-electron chi connectivity index (χ2n) is 9.40. The van der Waals surface area contributed by atoms with E-state index in [1.165, 1.54) is 7.11 Å². The van der Waals surface area contributed by atoms with Gasteiger partial charge in [0.25, 0.3) is 0 Å². The molecule has 0 N–H and O–H groups in total. The fourth-order valence-electron chi connectivity index (χ4n) is 5.16. The smallest absolute Gasteiger partial charge is 0.308 e. The molecule has 190 valence electrons. The molecule has 1 saturated heterocycles. The minimum atomic E-state index is -0.199. The van der Waals surface area contributed by atoms with Crippen LogP contribution in [0.1, 0.15) is 32.3 Å². The summed E-state index contributed by atoms with van der Waals surface area (Å²) in [6.45, 7) is 5.44. The van der Waals surface area contributed by atoms with Crippen LogP contribution in [0.2, 0.25) is 0 Å². The maximum atomic E-state index is 13.1. The summed E-state index contributed by atoms with van der Waals surface area (Å²) in [5, 5.41) is 3.29. The van der Waals surface area contributed by atoms with Gasteiger partial charge >= 0.3 is 5.97 Å². The summed E-state index contributed by atoms with van der Waals surface area (Å²) in [6.07, 6.45) is 4.69. The molecular weight excluding hydrogens is 466 g/mol. The number of nitrogens with zero attached hydrogens (tertiary/aromatic N) is 1. The summed E-state index contributed by atoms with van der Waals surface area (Å²) < 4.78 is 16.8. The lowest BCUT2D eigenvalue weighted by Gasteiger charge is -2.30. The first-order valence-corrected chi connectivity index (χ1v) is 12.7. The lowest BCUT2D eigenvalue weighted by atomic mass is 9.95. The van der Waals surface area contributed by atoms with Gasteiger partial charge in [0, 0.05) is 41.7 Å². The predicted molar refractivity (Wildman–Crippen MR) is 145 cm³/mol. The Kier molecular flexibility index (Phi) is 6.99. The molecule has 0 spiro atoms. The van der Waals surface area contributed by atoms with Crippen molar-refractivity contribution in [2.75, 3.05) is 26.8 Å². The van der Waals surface area contributed by atoms with E-state index >= 15 is 0 Å². The summed E-state index contributed by atoms with van der Waals surface area (Å²) in [4.78, 5) is 26.7. The van der Waals surface area contributed by atoms with Gasteiger partial charge < -0.3 is 18.8 Å². The highest BCUT2D eigenvalue weighted by molar-refractivity contribution is 6.06. The summed E-state index contributed by atoms with van der Waals surface area (Å²) in [6, 6.07) is 18.5. The van der Waals surface area contributed by atoms with E-state index in [2.05, 4.69) is 36.4 Å². The molecule has 5 rings (SSSR count). The Labute approximate surface area is 216 Å². The number of carbonyl (C=O) groups is 2. The molecule has 0 atom stereocenters. The fourth-order valence-corrected chi connectivity index (χ4v) is 5.16. The van der Waals surface area contributed by atoms with Gasteiger partial charge in [-0.25, -0.2) is 0 Å². The molecule has 6 nitrogen and oxygen atoms in total. The van der Waals surface area contributed by atoms with Crippen LogP contribution in [0, 0.1) is 5.92 Å². The van der Waals surface area contributed by atoms with Gasteiger partial charge in [-0.15, -0.1) is 0 Å². The second kappa shape index (κ2) is 10.5. The molecule has 6 heteroatoms. The molecule has 0 unspecified atom stereocenters. The molecule has 3 aromatic carbocycles. The molecule has 0 bridgehead atoms. The number of piperidine rings is 1.